The van der Waals surface area contributed by atoms with Gasteiger partial charge in [-0.2, -0.15) is 0 Å². The van der Waals surface area contributed by atoms with Crippen LogP contribution in [0.1, 0.15) is 36.0 Å². The maximum Gasteiger partial charge on any atom is 0.165 e. The number of carbonyl (C=O) groups is 1. The zero-order valence-corrected chi connectivity index (χ0v) is 8.28. The van der Waals surface area contributed by atoms with Crippen molar-refractivity contribution in [2.75, 3.05) is 0 Å². The first-order chi connectivity index (χ1) is 6.88. The molecule has 73 valence electrons. The summed E-state index contributed by atoms with van der Waals surface area (Å²) in [5, 5.41) is 0. The van der Waals surface area contributed by atoms with Crippen molar-refractivity contribution in [2.45, 2.75) is 25.7 Å². The molecule has 0 atom stereocenters. The fourth-order valence-corrected chi connectivity index (χ4v) is 2.03. The van der Waals surface area contributed by atoms with Crippen molar-refractivity contribution in [3.63, 3.8) is 0 Å². The summed E-state index contributed by atoms with van der Waals surface area (Å²) in [4.78, 5) is 12.0. The van der Waals surface area contributed by atoms with E-state index in [9.17, 15) is 4.79 Å². The highest BCUT2D eigenvalue weighted by Gasteiger charge is 2.21. The van der Waals surface area contributed by atoms with Crippen molar-refractivity contribution in [2.24, 2.45) is 5.92 Å². The minimum absolute atomic E-state index is 0.266. The van der Waals surface area contributed by atoms with E-state index >= 15 is 0 Å². The molecule has 1 nitrogen and oxygen atoms in total. The van der Waals surface area contributed by atoms with E-state index in [-0.39, 0.29) is 5.92 Å². The second kappa shape index (κ2) is 4.41. The zero-order chi connectivity index (χ0) is 9.80. The van der Waals surface area contributed by atoms with Gasteiger partial charge in [-0.25, -0.2) is 0 Å². The molecule has 1 fully saturated rings. The molecule has 1 aliphatic carbocycles. The third-order valence-corrected chi connectivity index (χ3v) is 2.87. The summed E-state index contributed by atoms with van der Waals surface area (Å²) in [5.74, 6) is 0.598. The summed E-state index contributed by atoms with van der Waals surface area (Å²) in [6.45, 7) is 0. The summed E-state index contributed by atoms with van der Waals surface area (Å²) in [6, 6.07) is 9.65. The van der Waals surface area contributed by atoms with Gasteiger partial charge >= 0.3 is 0 Å². The molecule has 1 saturated carbocycles. The lowest BCUT2D eigenvalue weighted by Crippen LogP contribution is -2.17. The van der Waals surface area contributed by atoms with E-state index in [1.54, 1.807) is 0 Å². The van der Waals surface area contributed by atoms with Gasteiger partial charge in [-0.3, -0.25) is 4.79 Å². The Balaban J connectivity index is 2.07. The first kappa shape index (κ1) is 9.45. The highest BCUT2D eigenvalue weighted by molar-refractivity contribution is 5.97. The minimum atomic E-state index is 0.266. The summed E-state index contributed by atoms with van der Waals surface area (Å²) in [7, 11) is 0. The van der Waals surface area contributed by atoms with E-state index in [4.69, 9.17) is 0 Å². The van der Waals surface area contributed by atoms with Crippen LogP contribution in [-0.2, 0) is 0 Å². The highest BCUT2D eigenvalue weighted by atomic mass is 16.1. The second-order valence-electron chi connectivity index (χ2n) is 3.87. The van der Waals surface area contributed by atoms with Crippen LogP contribution in [0, 0.1) is 12.3 Å². The van der Waals surface area contributed by atoms with Gasteiger partial charge in [-0.05, 0) is 32.1 Å². The van der Waals surface area contributed by atoms with Gasteiger partial charge in [0.25, 0.3) is 0 Å². The largest absolute Gasteiger partial charge is 0.294 e. The predicted molar refractivity (Wildman–Crippen MR) is 57.0 cm³/mol. The number of ketones is 1. The van der Waals surface area contributed by atoms with Crippen LogP contribution in [-0.4, -0.2) is 5.78 Å². The molecule has 1 heteroatoms. The average molecular weight is 187 g/mol. The first-order valence-corrected chi connectivity index (χ1v) is 5.29. The third kappa shape index (κ3) is 2.03. The van der Waals surface area contributed by atoms with Gasteiger partial charge in [0.15, 0.2) is 5.78 Å². The Morgan fingerprint density at radius 3 is 2.36 bits per heavy atom. The van der Waals surface area contributed by atoms with E-state index < -0.39 is 0 Å². The van der Waals surface area contributed by atoms with E-state index in [2.05, 4.69) is 6.42 Å². The Morgan fingerprint density at radius 2 is 1.71 bits per heavy atom. The van der Waals surface area contributed by atoms with Crippen LogP contribution < -0.4 is 0 Å². The van der Waals surface area contributed by atoms with Crippen LogP contribution in [0.15, 0.2) is 30.3 Å². The van der Waals surface area contributed by atoms with Crippen LogP contribution in [0.25, 0.3) is 0 Å². The van der Waals surface area contributed by atoms with Crippen molar-refractivity contribution >= 4 is 5.78 Å². The zero-order valence-electron chi connectivity index (χ0n) is 8.28. The third-order valence-electron chi connectivity index (χ3n) is 2.87. The Bertz CT molecular complexity index is 296. The maximum atomic E-state index is 12.0. The van der Waals surface area contributed by atoms with Crippen molar-refractivity contribution in [3.05, 3.63) is 42.3 Å². The molecule has 1 aromatic rings. The monoisotopic (exact) mass is 187 g/mol. The number of rotatable bonds is 2. The molecule has 0 unspecified atom stereocenters. The normalized spacial score (nSPS) is 18.0. The molecule has 14 heavy (non-hydrogen) atoms. The molecule has 0 spiro atoms. The minimum Gasteiger partial charge on any atom is -0.294 e. The van der Waals surface area contributed by atoms with E-state index in [1.807, 2.05) is 30.3 Å². The number of carbonyl (C=O) groups excluding carboxylic acids is 1. The second-order valence-corrected chi connectivity index (χ2v) is 3.87. The van der Waals surface area contributed by atoms with Gasteiger partial charge in [0, 0.05) is 11.5 Å². The topological polar surface area (TPSA) is 17.1 Å². The molecule has 2 rings (SSSR count). The van der Waals surface area contributed by atoms with E-state index in [1.165, 1.54) is 0 Å². The van der Waals surface area contributed by atoms with Gasteiger partial charge in [0.2, 0.25) is 0 Å². The van der Waals surface area contributed by atoms with Gasteiger partial charge in [0.1, 0.15) is 0 Å². The van der Waals surface area contributed by atoms with E-state index in [0.29, 0.717) is 5.78 Å². The van der Waals surface area contributed by atoms with Crippen LogP contribution in [0.5, 0.6) is 0 Å². The quantitative estimate of drug-likeness (QED) is 0.649. The molecule has 0 aliphatic heterocycles. The lowest BCUT2D eigenvalue weighted by Gasteiger charge is -2.19. The fourth-order valence-electron chi connectivity index (χ4n) is 2.03. The molecule has 1 aromatic carbocycles. The molecule has 0 bridgehead atoms. The van der Waals surface area contributed by atoms with Gasteiger partial charge in [-0.15, -0.1) is 0 Å². The maximum absolute atomic E-state index is 12.0. The van der Waals surface area contributed by atoms with Crippen LogP contribution in [0.3, 0.4) is 0 Å². The van der Waals surface area contributed by atoms with Crippen LogP contribution >= 0.6 is 0 Å². The van der Waals surface area contributed by atoms with Crippen LogP contribution in [0.4, 0.5) is 0 Å². The summed E-state index contributed by atoms with van der Waals surface area (Å²) < 4.78 is 0. The van der Waals surface area contributed by atoms with Crippen molar-refractivity contribution in [3.8, 4) is 0 Å². The summed E-state index contributed by atoms with van der Waals surface area (Å²) >= 11 is 0. The summed E-state index contributed by atoms with van der Waals surface area (Å²) in [6.07, 6.45) is 6.56. The van der Waals surface area contributed by atoms with Crippen molar-refractivity contribution in [1.29, 1.82) is 0 Å². The molecule has 0 amide bonds. The Hall–Kier alpha value is -1.11. The fraction of sp³-hybridized carbons (Fsp3) is 0.385. The standard InChI is InChI=1S/C13H15O/c14-13(11-7-3-1-4-8-11)12-9-5-2-6-10-12/h1-4,7-8,12H,5-6,9-10H2. The molecule has 0 saturated heterocycles. The summed E-state index contributed by atoms with van der Waals surface area (Å²) in [5.41, 5.74) is 0.874. The molecule has 1 radical (unpaired) electrons. The van der Waals surface area contributed by atoms with Crippen LogP contribution in [0.2, 0.25) is 0 Å². The average Bonchev–Trinajstić information content (AvgIpc) is 2.30. The van der Waals surface area contributed by atoms with Crippen molar-refractivity contribution in [1.82, 2.24) is 0 Å². The van der Waals surface area contributed by atoms with Gasteiger partial charge < -0.3 is 0 Å². The molecule has 0 aromatic heterocycles. The number of hydrogen-bond donors (Lipinski definition) is 0. The first-order valence-electron chi connectivity index (χ1n) is 5.29. The van der Waals surface area contributed by atoms with Crippen molar-refractivity contribution < 1.29 is 4.79 Å². The lowest BCUT2D eigenvalue weighted by molar-refractivity contribution is 0.0898. The molecule has 0 N–H and O–H groups in total. The highest BCUT2D eigenvalue weighted by Crippen LogP contribution is 2.26. The Labute approximate surface area is 85.1 Å². The SMILES string of the molecule is O=C(c1ccccc1)C1CC[CH]CC1. The number of benzene rings is 1. The van der Waals surface area contributed by atoms with Gasteiger partial charge in [0.05, 0.1) is 0 Å². The van der Waals surface area contributed by atoms with E-state index in [0.717, 1.165) is 31.2 Å². The predicted octanol–water partition coefficient (Wildman–Crippen LogP) is 3.26. The lowest BCUT2D eigenvalue weighted by atomic mass is 9.84. The molecule has 1 aliphatic rings. The molecular formula is C13H15O. The smallest absolute Gasteiger partial charge is 0.165 e. The number of hydrogen-bond acceptors (Lipinski definition) is 1. The van der Waals surface area contributed by atoms with Gasteiger partial charge in [-0.1, -0.05) is 30.3 Å². The molecule has 0 heterocycles. The molecular weight excluding hydrogens is 172 g/mol. The Morgan fingerprint density at radius 1 is 1.07 bits per heavy atom. The Kier molecular flexibility index (Phi) is 2.97. The number of Topliss-reactive ketones (excluding diaryl/α,β-unsaturated/α-hetero) is 1.